The van der Waals surface area contributed by atoms with Crippen LogP contribution in [0.15, 0.2) is 52.3 Å². The number of carboxylic acids is 1. The number of aliphatic carboxylic acids is 1. The number of sulfonamides is 1. The number of carbonyl (C=O) groups is 1. The van der Waals surface area contributed by atoms with Crippen molar-refractivity contribution in [2.24, 2.45) is 0 Å². The van der Waals surface area contributed by atoms with Crippen LogP contribution in [-0.2, 0) is 21.4 Å². The summed E-state index contributed by atoms with van der Waals surface area (Å²) in [6.07, 6.45) is -2.35. The molecule has 0 spiro atoms. The summed E-state index contributed by atoms with van der Waals surface area (Å²) in [5, 5.41) is 8.68. The minimum absolute atomic E-state index is 0.183. The van der Waals surface area contributed by atoms with E-state index in [0.29, 0.717) is 11.3 Å². The van der Waals surface area contributed by atoms with E-state index in [-0.39, 0.29) is 16.8 Å². The van der Waals surface area contributed by atoms with Gasteiger partial charge in [-0.05, 0) is 43.2 Å². The van der Waals surface area contributed by atoms with Crippen molar-refractivity contribution in [1.82, 2.24) is 14.9 Å². The van der Waals surface area contributed by atoms with Gasteiger partial charge in [-0.1, -0.05) is 6.07 Å². The first-order chi connectivity index (χ1) is 17.8. The number of nitrogens with zero attached hydrogens (tertiary/aromatic N) is 4. The molecule has 4 rings (SSSR count). The fraction of sp³-hybridized carbons (Fsp3) is 0.348. The number of nitrogens with one attached hydrogen (secondary N) is 1. The molecule has 1 saturated heterocycles. The number of pyridine rings is 1. The van der Waals surface area contributed by atoms with Gasteiger partial charge in [-0.2, -0.15) is 13.2 Å². The highest BCUT2D eigenvalue weighted by atomic mass is 32.2. The molecule has 3 heterocycles. The highest BCUT2D eigenvalue weighted by Crippen LogP contribution is 2.30. The molecule has 9 nitrogen and oxygen atoms in total. The zero-order chi connectivity index (χ0) is 28.1. The summed E-state index contributed by atoms with van der Waals surface area (Å²) >= 11 is 1.26. The Bertz CT molecular complexity index is 1340. The lowest BCUT2D eigenvalue weighted by Crippen LogP contribution is -2.35. The Hall–Kier alpha value is -3.30. The number of alkyl halides is 3. The first-order valence-corrected chi connectivity index (χ1v) is 13.6. The van der Waals surface area contributed by atoms with Gasteiger partial charge < -0.3 is 10.0 Å². The molecule has 3 aromatic rings. The van der Waals surface area contributed by atoms with Crippen LogP contribution in [0.5, 0.6) is 0 Å². The molecule has 0 saturated carbocycles. The number of aryl methyl sites for hydroxylation is 1. The standard InChI is InChI=1S/C21H24FN5O2S2.C2HF3O2/c1-15-9-20(31(28,29)25-21-13-30-14-24-21)18(22)10-19(15)26(2)17-6-8-27(12-17)11-16-5-3-4-7-23-16;3-2(4,5)1(6)7/h3-5,7,9-10,13-14,17,25H,6,8,11-12H2,1-2H3;(H,6,7). The van der Waals surface area contributed by atoms with Gasteiger partial charge in [-0.15, -0.1) is 11.3 Å². The number of likely N-dealkylation sites (tertiary alicyclic amines) is 1. The summed E-state index contributed by atoms with van der Waals surface area (Å²) in [6.45, 7) is 4.34. The van der Waals surface area contributed by atoms with E-state index in [4.69, 9.17) is 9.90 Å². The molecule has 38 heavy (non-hydrogen) atoms. The second-order valence-corrected chi connectivity index (χ2v) is 10.8. The van der Waals surface area contributed by atoms with Crippen molar-refractivity contribution in [3.63, 3.8) is 0 Å². The van der Waals surface area contributed by atoms with Crippen LogP contribution in [0.2, 0.25) is 0 Å². The van der Waals surface area contributed by atoms with E-state index < -0.39 is 28.0 Å². The van der Waals surface area contributed by atoms with Crippen molar-refractivity contribution in [2.75, 3.05) is 29.8 Å². The smallest absolute Gasteiger partial charge is 0.475 e. The van der Waals surface area contributed by atoms with E-state index in [0.717, 1.165) is 31.7 Å². The molecular weight excluding hydrogens is 550 g/mol. The lowest BCUT2D eigenvalue weighted by atomic mass is 10.1. The Morgan fingerprint density at radius 3 is 2.58 bits per heavy atom. The number of benzene rings is 1. The maximum absolute atomic E-state index is 14.9. The number of hydrogen-bond acceptors (Lipinski definition) is 8. The molecule has 0 aliphatic carbocycles. The topological polar surface area (TPSA) is 116 Å². The lowest BCUT2D eigenvalue weighted by molar-refractivity contribution is -0.192. The van der Waals surface area contributed by atoms with Crippen LogP contribution in [-0.4, -0.2) is 66.7 Å². The number of halogens is 4. The summed E-state index contributed by atoms with van der Waals surface area (Å²) < 4.78 is 74.2. The van der Waals surface area contributed by atoms with Crippen molar-refractivity contribution >= 4 is 38.8 Å². The van der Waals surface area contributed by atoms with Gasteiger partial charge >= 0.3 is 12.1 Å². The molecular formula is C23H25F4N5O4S2. The highest BCUT2D eigenvalue weighted by Gasteiger charge is 2.38. The number of hydrogen-bond donors (Lipinski definition) is 2. The predicted octanol–water partition coefficient (Wildman–Crippen LogP) is 4.13. The SMILES string of the molecule is Cc1cc(S(=O)(=O)Nc2cscn2)c(F)cc1N(C)C1CCN(Cc2ccccn2)C1.O=C(O)C(F)(F)F. The van der Waals surface area contributed by atoms with Crippen molar-refractivity contribution < 1.29 is 35.9 Å². The van der Waals surface area contributed by atoms with Gasteiger partial charge in [-0.25, -0.2) is 22.6 Å². The fourth-order valence-electron chi connectivity index (χ4n) is 3.88. The van der Waals surface area contributed by atoms with Crippen molar-refractivity contribution in [3.8, 4) is 0 Å². The molecule has 15 heteroatoms. The van der Waals surface area contributed by atoms with Gasteiger partial charge in [0.25, 0.3) is 10.0 Å². The number of carboxylic acid groups (broad SMARTS) is 1. The third-order valence-electron chi connectivity index (χ3n) is 5.74. The molecule has 1 aromatic carbocycles. The lowest BCUT2D eigenvalue weighted by Gasteiger charge is -2.29. The van der Waals surface area contributed by atoms with Crippen molar-refractivity contribution in [1.29, 1.82) is 0 Å². The first-order valence-electron chi connectivity index (χ1n) is 11.1. The highest BCUT2D eigenvalue weighted by molar-refractivity contribution is 7.92. The quantitative estimate of drug-likeness (QED) is 0.404. The second-order valence-electron chi connectivity index (χ2n) is 8.46. The molecule has 1 unspecified atom stereocenters. The third kappa shape index (κ3) is 7.61. The summed E-state index contributed by atoms with van der Waals surface area (Å²) in [7, 11) is -2.13. The number of thiazole rings is 1. The Balaban J connectivity index is 0.000000505. The van der Waals surface area contributed by atoms with Crippen LogP contribution in [0, 0.1) is 12.7 Å². The summed E-state index contributed by atoms with van der Waals surface area (Å²) in [4.78, 5) is 21.2. The van der Waals surface area contributed by atoms with Crippen molar-refractivity contribution in [2.45, 2.75) is 37.0 Å². The minimum Gasteiger partial charge on any atom is -0.475 e. The van der Waals surface area contributed by atoms with E-state index in [1.807, 2.05) is 30.1 Å². The molecule has 0 amide bonds. The molecule has 1 aliphatic rings. The number of likely N-dealkylation sites (N-methyl/N-ethyl adjacent to an activating group) is 1. The Kier molecular flexibility index (Phi) is 9.27. The van der Waals surface area contributed by atoms with E-state index >= 15 is 0 Å². The maximum Gasteiger partial charge on any atom is 0.490 e. The van der Waals surface area contributed by atoms with Gasteiger partial charge in [0.1, 0.15) is 10.7 Å². The van der Waals surface area contributed by atoms with Gasteiger partial charge in [0.05, 0.1) is 11.2 Å². The van der Waals surface area contributed by atoms with Crippen LogP contribution in [0.3, 0.4) is 0 Å². The van der Waals surface area contributed by atoms with Crippen LogP contribution in [0.1, 0.15) is 17.7 Å². The van der Waals surface area contributed by atoms with E-state index in [9.17, 15) is 26.0 Å². The van der Waals surface area contributed by atoms with E-state index in [2.05, 4.69) is 19.6 Å². The predicted molar refractivity (Wildman–Crippen MR) is 134 cm³/mol. The zero-order valence-corrected chi connectivity index (χ0v) is 21.9. The zero-order valence-electron chi connectivity index (χ0n) is 20.3. The number of rotatable bonds is 7. The molecule has 1 aliphatic heterocycles. The molecule has 206 valence electrons. The Labute approximate surface area is 220 Å². The van der Waals surface area contributed by atoms with E-state index in [1.54, 1.807) is 18.5 Å². The second kappa shape index (κ2) is 12.0. The van der Waals surface area contributed by atoms with Crippen LogP contribution in [0.4, 0.5) is 29.1 Å². The number of anilines is 2. The monoisotopic (exact) mass is 575 g/mol. The summed E-state index contributed by atoms with van der Waals surface area (Å²) in [5.41, 5.74) is 3.92. The molecule has 0 bridgehead atoms. The number of aromatic nitrogens is 2. The Morgan fingerprint density at radius 1 is 1.29 bits per heavy atom. The van der Waals surface area contributed by atoms with Crippen LogP contribution in [0.25, 0.3) is 0 Å². The average molecular weight is 576 g/mol. The van der Waals surface area contributed by atoms with Crippen molar-refractivity contribution in [3.05, 3.63) is 64.5 Å². The largest absolute Gasteiger partial charge is 0.490 e. The van der Waals surface area contributed by atoms with Gasteiger partial charge in [0.15, 0.2) is 5.82 Å². The molecule has 2 N–H and O–H groups in total. The van der Waals surface area contributed by atoms with Crippen LogP contribution >= 0.6 is 11.3 Å². The molecule has 2 aromatic heterocycles. The maximum atomic E-state index is 14.9. The molecule has 1 atom stereocenters. The minimum atomic E-state index is -5.08. The third-order valence-corrected chi connectivity index (χ3v) is 7.70. The summed E-state index contributed by atoms with van der Waals surface area (Å²) in [5.74, 6) is -3.35. The Morgan fingerprint density at radius 2 is 2.00 bits per heavy atom. The first kappa shape index (κ1) is 29.3. The summed E-state index contributed by atoms with van der Waals surface area (Å²) in [6, 6.07) is 8.79. The molecule has 0 radical (unpaired) electrons. The molecule has 1 fully saturated rings. The van der Waals surface area contributed by atoms with E-state index in [1.165, 1.54) is 29.0 Å². The van der Waals surface area contributed by atoms with Gasteiger partial charge in [0.2, 0.25) is 0 Å². The average Bonchev–Trinajstić information content (AvgIpc) is 3.52. The fourth-order valence-corrected chi connectivity index (χ4v) is 5.58. The normalized spacial score (nSPS) is 16.0. The van der Waals surface area contributed by atoms with Gasteiger partial charge in [-0.3, -0.25) is 14.6 Å². The van der Waals surface area contributed by atoms with Gasteiger partial charge in [0, 0.05) is 50.0 Å². The van der Waals surface area contributed by atoms with Crippen LogP contribution < -0.4 is 9.62 Å².